The molecule has 0 bridgehead atoms. The van der Waals surface area contributed by atoms with Crippen LogP contribution in [0.2, 0.25) is 0 Å². The van der Waals surface area contributed by atoms with Crippen molar-refractivity contribution in [3.63, 3.8) is 0 Å². The highest BCUT2D eigenvalue weighted by Gasteiger charge is 2.18. The van der Waals surface area contributed by atoms with E-state index in [1.807, 2.05) is 12.1 Å². The van der Waals surface area contributed by atoms with E-state index < -0.39 is 10.0 Å². The summed E-state index contributed by atoms with van der Waals surface area (Å²) in [6, 6.07) is 9.68. The molecule has 0 aliphatic rings. The van der Waals surface area contributed by atoms with Gasteiger partial charge in [0.25, 0.3) is 0 Å². The summed E-state index contributed by atoms with van der Waals surface area (Å²) in [5.41, 5.74) is 4.12. The van der Waals surface area contributed by atoms with E-state index in [9.17, 15) is 13.5 Å². The maximum absolute atomic E-state index is 12.3. The Morgan fingerprint density at radius 2 is 1.94 bits per heavy atom. The van der Waals surface area contributed by atoms with Gasteiger partial charge in [-0.2, -0.15) is 5.11 Å². The number of sulfonamides is 1. The third kappa shape index (κ3) is 4.36. The van der Waals surface area contributed by atoms with Crippen molar-refractivity contribution < 1.29 is 23.4 Å². The lowest BCUT2D eigenvalue weighted by molar-refractivity contribution is 0.0961. The monoisotopic (exact) mass is 475 g/mol. The number of hydrogen-bond donors (Lipinski definition) is 3. The van der Waals surface area contributed by atoms with Crippen LogP contribution in [0.1, 0.15) is 0 Å². The molecular formula is C20H21N5O5S2. The molecule has 2 aromatic heterocycles. The Bertz CT molecular complexity index is 1380. The minimum atomic E-state index is -3.70. The Balaban J connectivity index is 1.55. The molecule has 0 radical (unpaired) electrons. The van der Waals surface area contributed by atoms with Gasteiger partial charge in [-0.1, -0.05) is 0 Å². The van der Waals surface area contributed by atoms with Gasteiger partial charge in [0.05, 0.1) is 57.0 Å². The molecule has 0 fully saturated rings. The van der Waals surface area contributed by atoms with Crippen molar-refractivity contribution >= 4 is 53.9 Å². The van der Waals surface area contributed by atoms with E-state index >= 15 is 0 Å². The van der Waals surface area contributed by atoms with Crippen molar-refractivity contribution in [1.29, 1.82) is 0 Å². The molecule has 0 aliphatic carbocycles. The lowest BCUT2D eigenvalue weighted by Gasteiger charge is -2.07. The smallest absolute Gasteiger partial charge is 0.240 e. The zero-order valence-corrected chi connectivity index (χ0v) is 18.7. The molecule has 32 heavy (non-hydrogen) atoms. The van der Waals surface area contributed by atoms with E-state index in [2.05, 4.69) is 19.9 Å². The highest BCUT2D eigenvalue weighted by molar-refractivity contribution is 7.89. The van der Waals surface area contributed by atoms with E-state index in [-0.39, 0.29) is 37.1 Å². The van der Waals surface area contributed by atoms with Crippen molar-refractivity contribution in [2.75, 3.05) is 26.4 Å². The molecule has 0 unspecified atom stereocenters. The van der Waals surface area contributed by atoms with Gasteiger partial charge in [0.15, 0.2) is 5.69 Å². The Morgan fingerprint density at radius 3 is 2.69 bits per heavy atom. The summed E-state index contributed by atoms with van der Waals surface area (Å²) in [7, 11) is -1.95. The fourth-order valence-corrected chi connectivity index (χ4v) is 5.05. The lowest BCUT2D eigenvalue weighted by Crippen LogP contribution is -2.27. The van der Waals surface area contributed by atoms with E-state index in [0.717, 1.165) is 21.1 Å². The predicted molar refractivity (Wildman–Crippen MR) is 121 cm³/mol. The fourth-order valence-electron chi connectivity index (χ4n) is 3.20. The van der Waals surface area contributed by atoms with Crippen molar-refractivity contribution in [2.24, 2.45) is 17.3 Å². The highest BCUT2D eigenvalue weighted by Crippen LogP contribution is 2.43. The summed E-state index contributed by atoms with van der Waals surface area (Å²) < 4.78 is 34.7. The van der Waals surface area contributed by atoms with Crippen LogP contribution >= 0.6 is 11.3 Å². The van der Waals surface area contributed by atoms with Crippen LogP contribution in [0.4, 0.5) is 11.4 Å². The Hall–Kier alpha value is -2.90. The molecule has 0 spiro atoms. The molecule has 0 saturated heterocycles. The van der Waals surface area contributed by atoms with Gasteiger partial charge in [0.1, 0.15) is 0 Å². The molecule has 0 aliphatic heterocycles. The number of aryl methyl sites for hydroxylation is 1. The molecule has 4 rings (SSSR count). The number of thiazole rings is 1. The van der Waals surface area contributed by atoms with Crippen molar-refractivity contribution in [3.8, 4) is 5.88 Å². The lowest BCUT2D eigenvalue weighted by atomic mass is 10.2. The standard InChI is InChI=1S/C20H21N5O5S2/c1-25-16-7-6-15-19(31-12-21-15)17(16)18(20(25)27)24-23-13-2-4-14(5-3-13)32(28,29)22-8-10-30-11-9-26/h2-7,12,22,26-27H,8-11H2,1H3. The van der Waals surface area contributed by atoms with Crippen LogP contribution in [0.5, 0.6) is 5.88 Å². The second-order valence-electron chi connectivity index (χ2n) is 6.82. The number of ether oxygens (including phenoxy) is 1. The predicted octanol–water partition coefficient (Wildman–Crippen LogP) is 3.20. The van der Waals surface area contributed by atoms with Gasteiger partial charge in [-0.05, 0) is 36.4 Å². The SMILES string of the molecule is Cn1c(O)c(N=Nc2ccc(S(=O)(=O)NCCOCCO)cc2)c2c3scnc3ccc21. The van der Waals surface area contributed by atoms with Gasteiger partial charge >= 0.3 is 0 Å². The molecule has 12 heteroatoms. The molecule has 0 saturated carbocycles. The number of nitrogens with one attached hydrogen (secondary N) is 1. The van der Waals surface area contributed by atoms with E-state index in [1.54, 1.807) is 17.1 Å². The van der Waals surface area contributed by atoms with Gasteiger partial charge in [0, 0.05) is 13.6 Å². The second-order valence-corrected chi connectivity index (χ2v) is 9.44. The first-order valence-corrected chi connectivity index (χ1v) is 12.0. The third-order valence-corrected chi connectivity index (χ3v) is 7.13. The van der Waals surface area contributed by atoms with Crippen molar-refractivity contribution in [3.05, 3.63) is 41.9 Å². The van der Waals surface area contributed by atoms with Crippen LogP contribution in [0, 0.1) is 0 Å². The maximum atomic E-state index is 12.3. The van der Waals surface area contributed by atoms with Gasteiger partial charge in [-0.3, -0.25) is 0 Å². The number of benzene rings is 2. The number of aromatic hydroxyl groups is 1. The Morgan fingerprint density at radius 1 is 1.16 bits per heavy atom. The largest absolute Gasteiger partial charge is 0.493 e. The van der Waals surface area contributed by atoms with Crippen LogP contribution in [0.3, 0.4) is 0 Å². The number of hydrogen-bond acceptors (Lipinski definition) is 9. The van der Waals surface area contributed by atoms with Gasteiger partial charge < -0.3 is 19.5 Å². The molecule has 0 amide bonds. The number of azo groups is 1. The molecule has 3 N–H and O–H groups in total. The van der Waals surface area contributed by atoms with Crippen LogP contribution in [-0.2, 0) is 21.8 Å². The maximum Gasteiger partial charge on any atom is 0.240 e. The summed E-state index contributed by atoms with van der Waals surface area (Å²) in [6.45, 7) is 0.292. The molecule has 0 atom stereocenters. The molecule has 4 aromatic rings. The van der Waals surface area contributed by atoms with Gasteiger partial charge in [0.2, 0.25) is 15.9 Å². The first kappa shape index (κ1) is 22.3. The van der Waals surface area contributed by atoms with Crippen LogP contribution in [-0.4, -0.2) is 54.5 Å². The van der Waals surface area contributed by atoms with Crippen molar-refractivity contribution in [2.45, 2.75) is 4.90 Å². The third-order valence-electron chi connectivity index (χ3n) is 4.79. The average Bonchev–Trinajstić information content (AvgIpc) is 3.36. The van der Waals surface area contributed by atoms with E-state index in [4.69, 9.17) is 9.84 Å². The number of aliphatic hydroxyl groups is 1. The number of nitrogens with zero attached hydrogens (tertiary/aromatic N) is 4. The highest BCUT2D eigenvalue weighted by atomic mass is 32.2. The number of aromatic nitrogens is 2. The Labute approximate surface area is 187 Å². The number of aliphatic hydroxyl groups excluding tert-OH is 1. The second kappa shape index (κ2) is 9.30. The minimum Gasteiger partial charge on any atom is -0.493 e. The Kier molecular flexibility index (Phi) is 6.48. The summed E-state index contributed by atoms with van der Waals surface area (Å²) in [6.07, 6.45) is 0. The number of fused-ring (bicyclic) bond motifs is 3. The van der Waals surface area contributed by atoms with Gasteiger partial charge in [-0.15, -0.1) is 16.5 Å². The zero-order valence-electron chi connectivity index (χ0n) is 17.1. The first-order chi connectivity index (χ1) is 15.4. The number of rotatable bonds is 9. The summed E-state index contributed by atoms with van der Waals surface area (Å²) in [5.74, 6) is -0.0172. The minimum absolute atomic E-state index is 0.0172. The van der Waals surface area contributed by atoms with E-state index in [1.165, 1.54) is 35.6 Å². The van der Waals surface area contributed by atoms with Crippen LogP contribution < -0.4 is 4.72 Å². The fraction of sp³-hybridized carbons (Fsp3) is 0.250. The van der Waals surface area contributed by atoms with Crippen molar-refractivity contribution in [1.82, 2.24) is 14.3 Å². The first-order valence-electron chi connectivity index (χ1n) is 9.66. The van der Waals surface area contributed by atoms with Crippen LogP contribution in [0.25, 0.3) is 21.1 Å². The quantitative estimate of drug-likeness (QED) is 0.251. The molecular weight excluding hydrogens is 454 g/mol. The average molecular weight is 476 g/mol. The molecule has 10 nitrogen and oxygen atoms in total. The summed E-state index contributed by atoms with van der Waals surface area (Å²) in [5, 5.41) is 28.4. The topological polar surface area (TPSA) is 138 Å². The molecule has 2 aromatic carbocycles. The molecule has 2 heterocycles. The van der Waals surface area contributed by atoms with Crippen LogP contribution in [0.15, 0.2) is 57.0 Å². The zero-order chi connectivity index (χ0) is 22.7. The summed E-state index contributed by atoms with van der Waals surface area (Å²) in [4.78, 5) is 4.39. The summed E-state index contributed by atoms with van der Waals surface area (Å²) >= 11 is 1.46. The normalized spacial score (nSPS) is 12.4. The van der Waals surface area contributed by atoms with E-state index in [0.29, 0.717) is 11.4 Å². The van der Waals surface area contributed by atoms with Gasteiger partial charge in [-0.25, -0.2) is 18.1 Å². The molecule has 168 valence electrons.